The Labute approximate surface area is 154 Å². The van der Waals surface area contributed by atoms with E-state index in [9.17, 15) is 0 Å². The molecule has 1 aliphatic rings. The molecule has 3 heterocycles. The number of hydrogen-bond acceptors (Lipinski definition) is 4. The number of hydrogen-bond donors (Lipinski definition) is 1. The second kappa shape index (κ2) is 7.40. The Morgan fingerprint density at radius 3 is 2.58 bits per heavy atom. The molecule has 2 atom stereocenters. The number of likely N-dealkylation sites (tertiary alicyclic amines) is 1. The summed E-state index contributed by atoms with van der Waals surface area (Å²) in [4.78, 5) is 6.63. The van der Waals surface area contributed by atoms with Crippen LogP contribution < -0.4 is 5.73 Å². The number of nitrogens with zero attached hydrogens (tertiary/aromatic N) is 4. The first kappa shape index (κ1) is 16.9. The van der Waals surface area contributed by atoms with Crippen LogP contribution in [0.15, 0.2) is 61.1 Å². The molecule has 5 heteroatoms. The van der Waals surface area contributed by atoms with Crippen LogP contribution >= 0.6 is 0 Å². The molecule has 4 rings (SSSR count). The largest absolute Gasteiger partial charge is 0.330 e. The molecule has 2 N–H and O–H groups in total. The molecule has 1 aliphatic heterocycles. The minimum Gasteiger partial charge on any atom is -0.330 e. The summed E-state index contributed by atoms with van der Waals surface area (Å²) in [6, 6.07) is 14.8. The zero-order chi connectivity index (χ0) is 17.9. The van der Waals surface area contributed by atoms with E-state index in [1.54, 1.807) is 0 Å². The molecule has 134 valence electrons. The molecule has 1 aromatic carbocycles. The van der Waals surface area contributed by atoms with E-state index in [-0.39, 0.29) is 0 Å². The Morgan fingerprint density at radius 1 is 1.08 bits per heavy atom. The maximum absolute atomic E-state index is 6.09. The average Bonchev–Trinajstić information content (AvgIpc) is 3.26. The van der Waals surface area contributed by atoms with Crippen LogP contribution in [0.1, 0.15) is 17.0 Å². The lowest BCUT2D eigenvalue weighted by Crippen LogP contribution is -2.23. The Morgan fingerprint density at radius 2 is 1.85 bits per heavy atom. The first-order valence-corrected chi connectivity index (χ1v) is 9.15. The molecule has 0 radical (unpaired) electrons. The third-order valence-electron chi connectivity index (χ3n) is 5.30. The van der Waals surface area contributed by atoms with Crippen molar-refractivity contribution in [3.05, 3.63) is 72.2 Å². The van der Waals surface area contributed by atoms with Crippen LogP contribution in [-0.2, 0) is 13.6 Å². The van der Waals surface area contributed by atoms with Crippen molar-refractivity contribution in [3.63, 3.8) is 0 Å². The van der Waals surface area contributed by atoms with Crippen LogP contribution in [0.3, 0.4) is 0 Å². The van der Waals surface area contributed by atoms with Gasteiger partial charge in [0.15, 0.2) is 0 Å². The molecule has 3 aromatic rings. The van der Waals surface area contributed by atoms with E-state index < -0.39 is 0 Å². The highest BCUT2D eigenvalue weighted by atomic mass is 15.3. The van der Waals surface area contributed by atoms with Crippen molar-refractivity contribution >= 4 is 0 Å². The summed E-state index contributed by atoms with van der Waals surface area (Å²) >= 11 is 0. The van der Waals surface area contributed by atoms with Crippen molar-refractivity contribution in [3.8, 4) is 11.3 Å². The second-order valence-electron chi connectivity index (χ2n) is 7.12. The van der Waals surface area contributed by atoms with Gasteiger partial charge in [0.05, 0.1) is 5.69 Å². The van der Waals surface area contributed by atoms with Crippen LogP contribution in [0.2, 0.25) is 0 Å². The van der Waals surface area contributed by atoms with Crippen LogP contribution in [0.4, 0.5) is 0 Å². The van der Waals surface area contributed by atoms with Crippen molar-refractivity contribution in [2.24, 2.45) is 18.7 Å². The molecular weight excluding hydrogens is 322 g/mol. The van der Waals surface area contributed by atoms with Crippen LogP contribution in [0.25, 0.3) is 11.3 Å². The van der Waals surface area contributed by atoms with E-state index in [0.29, 0.717) is 11.8 Å². The van der Waals surface area contributed by atoms with Crippen molar-refractivity contribution in [2.45, 2.75) is 12.5 Å². The monoisotopic (exact) mass is 347 g/mol. The van der Waals surface area contributed by atoms with Gasteiger partial charge in [0.2, 0.25) is 0 Å². The van der Waals surface area contributed by atoms with Gasteiger partial charge in [-0.2, -0.15) is 5.10 Å². The number of nitrogens with two attached hydrogens (primary N) is 1. The lowest BCUT2D eigenvalue weighted by atomic mass is 9.89. The van der Waals surface area contributed by atoms with E-state index in [0.717, 1.165) is 37.4 Å². The Kier molecular flexibility index (Phi) is 4.82. The molecule has 26 heavy (non-hydrogen) atoms. The molecule has 0 saturated carbocycles. The summed E-state index contributed by atoms with van der Waals surface area (Å²) < 4.78 is 1.90. The van der Waals surface area contributed by atoms with E-state index in [1.807, 2.05) is 36.3 Å². The Hall–Kier alpha value is -2.50. The zero-order valence-corrected chi connectivity index (χ0v) is 15.1. The van der Waals surface area contributed by atoms with E-state index in [2.05, 4.69) is 51.5 Å². The van der Waals surface area contributed by atoms with Crippen molar-refractivity contribution in [1.29, 1.82) is 0 Å². The van der Waals surface area contributed by atoms with Gasteiger partial charge in [-0.15, -0.1) is 0 Å². The fourth-order valence-electron chi connectivity index (χ4n) is 4.05. The van der Waals surface area contributed by atoms with Crippen LogP contribution in [-0.4, -0.2) is 39.3 Å². The Bertz CT molecular complexity index is 843. The molecule has 0 aliphatic carbocycles. The van der Waals surface area contributed by atoms with Gasteiger partial charge in [0.25, 0.3) is 0 Å². The molecule has 1 saturated heterocycles. The number of pyridine rings is 1. The first-order chi connectivity index (χ1) is 12.7. The molecule has 1 fully saturated rings. The van der Waals surface area contributed by atoms with E-state index >= 15 is 0 Å². The van der Waals surface area contributed by atoms with Crippen molar-refractivity contribution < 1.29 is 0 Å². The predicted molar refractivity (Wildman–Crippen MR) is 103 cm³/mol. The van der Waals surface area contributed by atoms with E-state index in [1.165, 1.54) is 11.1 Å². The number of aromatic nitrogens is 3. The number of rotatable bonds is 5. The maximum Gasteiger partial charge on any atom is 0.0969 e. The number of benzene rings is 1. The van der Waals surface area contributed by atoms with Crippen LogP contribution in [0.5, 0.6) is 0 Å². The summed E-state index contributed by atoms with van der Waals surface area (Å²) in [5.41, 5.74) is 10.9. The van der Waals surface area contributed by atoms with Gasteiger partial charge in [-0.3, -0.25) is 14.6 Å². The van der Waals surface area contributed by atoms with Gasteiger partial charge in [0, 0.05) is 62.3 Å². The summed E-state index contributed by atoms with van der Waals surface area (Å²) in [7, 11) is 1.98. The minimum atomic E-state index is 0.499. The van der Waals surface area contributed by atoms with Crippen molar-refractivity contribution in [2.75, 3.05) is 19.6 Å². The highest BCUT2D eigenvalue weighted by molar-refractivity contribution is 5.61. The fourth-order valence-corrected chi connectivity index (χ4v) is 4.05. The molecule has 5 nitrogen and oxygen atoms in total. The normalized spacial score (nSPS) is 20.5. The van der Waals surface area contributed by atoms with Gasteiger partial charge < -0.3 is 5.73 Å². The topological polar surface area (TPSA) is 60.0 Å². The lowest BCUT2D eigenvalue weighted by Gasteiger charge is -2.16. The first-order valence-electron chi connectivity index (χ1n) is 9.15. The third-order valence-corrected chi connectivity index (χ3v) is 5.30. The average molecular weight is 347 g/mol. The van der Waals surface area contributed by atoms with Gasteiger partial charge >= 0.3 is 0 Å². The van der Waals surface area contributed by atoms with Gasteiger partial charge in [-0.25, -0.2) is 0 Å². The standard InChI is InChI=1S/C21H25N5/c1-25-12-19(21(24-25)17-7-9-23-10-8-17)14-26-13-18(11-22)20(15-26)16-5-3-2-4-6-16/h2-10,12,18,20H,11,13-15,22H2,1H3/t18-,20+/m1/s1. The molecule has 0 amide bonds. The highest BCUT2D eigenvalue weighted by Gasteiger charge is 2.33. The lowest BCUT2D eigenvalue weighted by molar-refractivity contribution is 0.317. The SMILES string of the molecule is Cn1cc(CN2C[C@@H](CN)[C@H](c3ccccc3)C2)c(-c2ccncc2)n1. The minimum absolute atomic E-state index is 0.499. The summed E-state index contributed by atoms with van der Waals surface area (Å²) in [6.45, 7) is 3.68. The smallest absolute Gasteiger partial charge is 0.0969 e. The molecule has 0 unspecified atom stereocenters. The predicted octanol–water partition coefficient (Wildman–Crippen LogP) is 2.66. The number of aryl methyl sites for hydroxylation is 1. The Balaban J connectivity index is 1.55. The molecular formula is C21H25N5. The maximum atomic E-state index is 6.09. The van der Waals surface area contributed by atoms with E-state index in [4.69, 9.17) is 5.73 Å². The fraction of sp³-hybridized carbons (Fsp3) is 0.333. The van der Waals surface area contributed by atoms with Gasteiger partial charge in [-0.05, 0) is 30.2 Å². The van der Waals surface area contributed by atoms with Crippen LogP contribution in [0, 0.1) is 5.92 Å². The third kappa shape index (κ3) is 3.41. The molecule has 0 spiro atoms. The van der Waals surface area contributed by atoms with Crippen molar-refractivity contribution in [1.82, 2.24) is 19.7 Å². The zero-order valence-electron chi connectivity index (χ0n) is 15.1. The van der Waals surface area contributed by atoms with Gasteiger partial charge in [-0.1, -0.05) is 30.3 Å². The summed E-state index contributed by atoms with van der Waals surface area (Å²) in [5, 5.41) is 4.68. The summed E-state index contributed by atoms with van der Waals surface area (Å²) in [6.07, 6.45) is 5.77. The van der Waals surface area contributed by atoms with Gasteiger partial charge in [0.1, 0.15) is 0 Å². The quantitative estimate of drug-likeness (QED) is 0.771. The summed E-state index contributed by atoms with van der Waals surface area (Å²) in [5.74, 6) is 1.00. The molecule has 2 aromatic heterocycles. The second-order valence-corrected chi connectivity index (χ2v) is 7.12. The highest BCUT2D eigenvalue weighted by Crippen LogP contribution is 2.33. The molecule has 0 bridgehead atoms.